The third-order valence-corrected chi connectivity index (χ3v) is 3.14. The second-order valence-electron chi connectivity index (χ2n) is 4.37. The number of hydrogen-bond donors (Lipinski definition) is 2. The predicted octanol–water partition coefficient (Wildman–Crippen LogP) is 1.36. The van der Waals surface area contributed by atoms with Gasteiger partial charge in [-0.2, -0.15) is 0 Å². The lowest BCUT2D eigenvalue weighted by atomic mass is 10.0. The Bertz CT molecular complexity index is 587. The molecule has 0 saturated heterocycles. The van der Waals surface area contributed by atoms with Gasteiger partial charge in [0, 0.05) is 18.5 Å². The fourth-order valence-electron chi connectivity index (χ4n) is 2.21. The van der Waals surface area contributed by atoms with Gasteiger partial charge in [0.15, 0.2) is 0 Å². The van der Waals surface area contributed by atoms with E-state index in [4.69, 9.17) is 9.84 Å². The van der Waals surface area contributed by atoms with Crippen molar-refractivity contribution in [3.8, 4) is 5.75 Å². The van der Waals surface area contributed by atoms with E-state index in [2.05, 4.69) is 15.3 Å². The van der Waals surface area contributed by atoms with Crippen molar-refractivity contribution in [2.45, 2.75) is 13.0 Å². The molecule has 1 aliphatic rings. The smallest absolute Gasteiger partial charge is 0.133 e. The fraction of sp³-hybridized carbons (Fsp3) is 0.286. The summed E-state index contributed by atoms with van der Waals surface area (Å²) in [7, 11) is 0. The third kappa shape index (κ3) is 2.37. The van der Waals surface area contributed by atoms with Crippen molar-refractivity contribution in [1.82, 2.24) is 9.97 Å². The monoisotopic (exact) mass is 257 g/mol. The van der Waals surface area contributed by atoms with Gasteiger partial charge < -0.3 is 15.2 Å². The van der Waals surface area contributed by atoms with Crippen LogP contribution in [0.25, 0.3) is 0 Å². The summed E-state index contributed by atoms with van der Waals surface area (Å²) in [4.78, 5) is 8.55. The van der Waals surface area contributed by atoms with Crippen molar-refractivity contribution in [3.05, 3.63) is 47.4 Å². The number of fused-ring (bicyclic) bond motifs is 2. The number of anilines is 1. The maximum Gasteiger partial charge on any atom is 0.133 e. The number of nitrogens with zero attached hydrogens (tertiary/aromatic N) is 2. The van der Waals surface area contributed by atoms with Crippen LogP contribution in [-0.4, -0.2) is 28.2 Å². The van der Waals surface area contributed by atoms with Crippen molar-refractivity contribution >= 4 is 5.82 Å². The molecule has 3 rings (SSSR count). The Morgan fingerprint density at radius 2 is 2.16 bits per heavy atom. The Morgan fingerprint density at radius 3 is 3.05 bits per heavy atom. The first-order valence-corrected chi connectivity index (χ1v) is 6.26. The largest absolute Gasteiger partial charge is 0.487 e. The van der Waals surface area contributed by atoms with Crippen molar-refractivity contribution < 1.29 is 9.84 Å². The third-order valence-electron chi connectivity index (χ3n) is 3.14. The molecule has 1 aliphatic heterocycles. The van der Waals surface area contributed by atoms with Gasteiger partial charge in [0.25, 0.3) is 0 Å². The van der Waals surface area contributed by atoms with Crippen LogP contribution in [0.5, 0.6) is 5.75 Å². The Morgan fingerprint density at radius 1 is 1.26 bits per heavy atom. The van der Waals surface area contributed by atoms with Gasteiger partial charge in [-0.25, -0.2) is 9.97 Å². The summed E-state index contributed by atoms with van der Waals surface area (Å²) >= 11 is 0. The standard InChI is InChI=1S/C14H15N3O2/c18-6-5-15-14-11-7-10-3-1-2-4-13(10)19-8-12(11)16-9-17-14/h1-4,9,18H,5-8H2,(H,15,16,17). The molecule has 0 amide bonds. The number of nitrogens with one attached hydrogen (secondary N) is 1. The molecule has 5 heteroatoms. The van der Waals surface area contributed by atoms with Crippen LogP contribution in [0.2, 0.25) is 0 Å². The molecule has 0 fully saturated rings. The van der Waals surface area contributed by atoms with Gasteiger partial charge >= 0.3 is 0 Å². The lowest BCUT2D eigenvalue weighted by Crippen LogP contribution is -2.12. The zero-order valence-electron chi connectivity index (χ0n) is 10.5. The van der Waals surface area contributed by atoms with E-state index < -0.39 is 0 Å². The molecule has 98 valence electrons. The molecule has 2 heterocycles. The summed E-state index contributed by atoms with van der Waals surface area (Å²) in [5.41, 5.74) is 3.07. The molecule has 0 radical (unpaired) electrons. The van der Waals surface area contributed by atoms with Gasteiger partial charge in [-0.1, -0.05) is 18.2 Å². The summed E-state index contributed by atoms with van der Waals surface area (Å²) in [5, 5.41) is 12.0. The molecule has 5 nitrogen and oxygen atoms in total. The highest BCUT2D eigenvalue weighted by Crippen LogP contribution is 2.29. The van der Waals surface area contributed by atoms with Crippen LogP contribution in [0.4, 0.5) is 5.82 Å². The summed E-state index contributed by atoms with van der Waals surface area (Å²) in [6.45, 7) is 1.00. The highest BCUT2D eigenvalue weighted by molar-refractivity contribution is 5.51. The van der Waals surface area contributed by atoms with Crippen molar-refractivity contribution in [3.63, 3.8) is 0 Å². The number of aliphatic hydroxyl groups excluding tert-OH is 1. The Balaban J connectivity index is 1.99. The van der Waals surface area contributed by atoms with Crippen molar-refractivity contribution in [1.29, 1.82) is 0 Å². The molecule has 0 atom stereocenters. The Hall–Kier alpha value is -2.14. The predicted molar refractivity (Wildman–Crippen MR) is 71.2 cm³/mol. The van der Waals surface area contributed by atoms with Crippen LogP contribution >= 0.6 is 0 Å². The summed E-state index contributed by atoms with van der Waals surface area (Å²) in [5.74, 6) is 1.67. The zero-order valence-corrected chi connectivity index (χ0v) is 10.5. The molecule has 0 aliphatic carbocycles. The maximum absolute atomic E-state index is 8.91. The summed E-state index contributed by atoms with van der Waals surface area (Å²) < 4.78 is 5.77. The lowest BCUT2D eigenvalue weighted by Gasteiger charge is -2.10. The van der Waals surface area contributed by atoms with E-state index in [1.165, 1.54) is 6.33 Å². The van der Waals surface area contributed by atoms with Gasteiger partial charge in [0.05, 0.1) is 12.3 Å². The number of para-hydroxylation sites is 1. The molecule has 0 unspecified atom stereocenters. The zero-order chi connectivity index (χ0) is 13.1. The molecule has 0 bridgehead atoms. The molecule has 2 N–H and O–H groups in total. The minimum atomic E-state index is 0.0753. The molecule has 1 aromatic carbocycles. The minimum Gasteiger partial charge on any atom is -0.487 e. The number of ether oxygens (including phenoxy) is 1. The van der Waals surface area contributed by atoms with E-state index in [0.717, 1.165) is 34.8 Å². The van der Waals surface area contributed by atoms with E-state index in [0.29, 0.717) is 13.2 Å². The van der Waals surface area contributed by atoms with Crippen LogP contribution in [0.15, 0.2) is 30.6 Å². The van der Waals surface area contributed by atoms with E-state index in [9.17, 15) is 0 Å². The minimum absolute atomic E-state index is 0.0753. The van der Waals surface area contributed by atoms with Gasteiger partial charge in [-0.05, 0) is 11.6 Å². The van der Waals surface area contributed by atoms with Gasteiger partial charge in [0.1, 0.15) is 24.5 Å². The second kappa shape index (κ2) is 5.24. The Kier molecular flexibility index (Phi) is 3.29. The highest BCUT2D eigenvalue weighted by Gasteiger charge is 2.18. The topological polar surface area (TPSA) is 67.3 Å². The average molecular weight is 257 g/mol. The number of rotatable bonds is 3. The molecular formula is C14H15N3O2. The highest BCUT2D eigenvalue weighted by atomic mass is 16.5. The van der Waals surface area contributed by atoms with Gasteiger partial charge in [0.2, 0.25) is 0 Å². The Labute approximate surface area is 111 Å². The van der Waals surface area contributed by atoms with Gasteiger partial charge in [-0.15, -0.1) is 0 Å². The van der Waals surface area contributed by atoms with Crippen molar-refractivity contribution in [2.75, 3.05) is 18.5 Å². The van der Waals surface area contributed by atoms with Crippen LogP contribution in [-0.2, 0) is 13.0 Å². The molecular weight excluding hydrogens is 242 g/mol. The summed E-state index contributed by atoms with van der Waals surface area (Å²) in [6, 6.07) is 7.98. The van der Waals surface area contributed by atoms with E-state index in [1.807, 2.05) is 24.3 Å². The van der Waals surface area contributed by atoms with E-state index in [1.54, 1.807) is 0 Å². The maximum atomic E-state index is 8.91. The number of aromatic nitrogens is 2. The number of hydrogen-bond acceptors (Lipinski definition) is 5. The van der Waals surface area contributed by atoms with Crippen LogP contribution in [0, 0.1) is 0 Å². The van der Waals surface area contributed by atoms with E-state index >= 15 is 0 Å². The number of benzene rings is 1. The molecule has 19 heavy (non-hydrogen) atoms. The molecule has 1 aromatic heterocycles. The van der Waals surface area contributed by atoms with Crippen LogP contribution < -0.4 is 10.1 Å². The average Bonchev–Trinajstić information content (AvgIpc) is 2.64. The second-order valence-corrected chi connectivity index (χ2v) is 4.37. The quantitative estimate of drug-likeness (QED) is 0.869. The molecule has 2 aromatic rings. The first kappa shape index (κ1) is 11.9. The first-order valence-electron chi connectivity index (χ1n) is 6.26. The normalized spacial score (nSPS) is 12.9. The summed E-state index contributed by atoms with van der Waals surface area (Å²) in [6.07, 6.45) is 2.26. The van der Waals surface area contributed by atoms with Gasteiger partial charge in [-0.3, -0.25) is 0 Å². The SMILES string of the molecule is OCCNc1ncnc2c1Cc1ccccc1OC2. The van der Waals surface area contributed by atoms with Crippen molar-refractivity contribution in [2.24, 2.45) is 0 Å². The lowest BCUT2D eigenvalue weighted by molar-refractivity contribution is 0.302. The van der Waals surface area contributed by atoms with Crippen LogP contribution in [0.3, 0.4) is 0 Å². The van der Waals surface area contributed by atoms with E-state index in [-0.39, 0.29) is 6.61 Å². The number of aliphatic hydroxyl groups is 1. The fourth-order valence-corrected chi connectivity index (χ4v) is 2.21. The van der Waals surface area contributed by atoms with Crippen LogP contribution in [0.1, 0.15) is 16.8 Å². The molecule has 0 saturated carbocycles. The molecule has 0 spiro atoms. The first-order chi connectivity index (χ1) is 9.38.